The molecule has 0 aliphatic heterocycles. The Labute approximate surface area is 239 Å². The van der Waals surface area contributed by atoms with Gasteiger partial charge < -0.3 is 0 Å². The fourth-order valence-electron chi connectivity index (χ4n) is 6.58. The van der Waals surface area contributed by atoms with Crippen molar-refractivity contribution in [2.75, 3.05) is 24.6 Å². The topological polar surface area (TPSA) is 0 Å². The van der Waals surface area contributed by atoms with E-state index in [0.29, 0.717) is 0 Å². The number of unbranched alkanes of at least 4 members (excludes halogenated alkanes) is 24. The van der Waals surface area contributed by atoms with E-state index in [-0.39, 0.29) is 0 Å². The van der Waals surface area contributed by atoms with Gasteiger partial charge in [-0.15, -0.1) is 0 Å². The summed E-state index contributed by atoms with van der Waals surface area (Å²) in [4.78, 5) is 0. The van der Waals surface area contributed by atoms with Crippen molar-refractivity contribution in [2.45, 2.75) is 207 Å². The molecule has 0 spiro atoms. The molecule has 0 amide bonds. The van der Waals surface area contributed by atoms with Gasteiger partial charge in [-0.3, -0.25) is 0 Å². The average Bonchev–Trinajstić information content (AvgIpc) is 2.91. The second kappa shape index (κ2) is 31.0. The van der Waals surface area contributed by atoms with Crippen molar-refractivity contribution in [2.24, 2.45) is 0 Å². The molecule has 0 aromatic carbocycles. The molecule has 1 heteroatoms. The predicted molar refractivity (Wildman–Crippen MR) is 180 cm³/mol. The van der Waals surface area contributed by atoms with Crippen molar-refractivity contribution in [3.63, 3.8) is 0 Å². The van der Waals surface area contributed by atoms with Crippen LogP contribution >= 0.6 is 7.26 Å². The van der Waals surface area contributed by atoms with Crippen LogP contribution in [-0.4, -0.2) is 24.6 Å². The molecule has 0 aromatic heterocycles. The molecule has 0 fully saturated rings. The first-order chi connectivity index (χ1) is 18.2. The Hall–Kier alpha value is 0.430. The Morgan fingerprint density at radius 1 is 0.216 bits per heavy atom. The Bertz CT molecular complexity index is 367. The summed E-state index contributed by atoms with van der Waals surface area (Å²) < 4.78 is 0. The zero-order valence-corrected chi connectivity index (χ0v) is 28.1. The third-order valence-corrected chi connectivity index (χ3v) is 14.9. The van der Waals surface area contributed by atoms with Crippen molar-refractivity contribution >= 4 is 7.26 Å². The van der Waals surface area contributed by atoms with E-state index in [9.17, 15) is 0 Å². The Morgan fingerprint density at radius 2 is 0.378 bits per heavy atom. The standard InChI is InChI=1S/C36H77P/c1-5-9-13-17-18-19-20-21-22-23-24-28-32-36-37(33-29-25-14-10-6-2,34-30-26-15-11-7-3)35-31-27-16-12-8-4/h37H,5-36H2,1-4H3. The van der Waals surface area contributed by atoms with E-state index in [4.69, 9.17) is 0 Å². The predicted octanol–water partition coefficient (Wildman–Crippen LogP) is 13.7. The summed E-state index contributed by atoms with van der Waals surface area (Å²) in [6.07, 6.45) is 48.4. The van der Waals surface area contributed by atoms with Gasteiger partial charge in [0.25, 0.3) is 0 Å². The summed E-state index contributed by atoms with van der Waals surface area (Å²) in [5, 5.41) is 0. The number of hydrogen-bond donors (Lipinski definition) is 0. The van der Waals surface area contributed by atoms with Crippen LogP contribution in [0.5, 0.6) is 0 Å². The molecule has 226 valence electrons. The van der Waals surface area contributed by atoms with Crippen LogP contribution in [0, 0.1) is 0 Å². The fraction of sp³-hybridized carbons (Fsp3) is 1.00. The van der Waals surface area contributed by atoms with Crippen molar-refractivity contribution in [3.05, 3.63) is 0 Å². The van der Waals surface area contributed by atoms with Gasteiger partial charge in [-0.1, -0.05) is 19.8 Å². The molecular formula is C36H77P. The zero-order chi connectivity index (χ0) is 27.1. The van der Waals surface area contributed by atoms with Crippen LogP contribution in [0.15, 0.2) is 0 Å². The normalized spacial score (nSPS) is 12.4. The molecule has 0 aliphatic rings. The zero-order valence-electron chi connectivity index (χ0n) is 27.1. The van der Waals surface area contributed by atoms with Crippen molar-refractivity contribution < 1.29 is 0 Å². The molecule has 0 atom stereocenters. The van der Waals surface area contributed by atoms with Crippen LogP contribution in [0.4, 0.5) is 0 Å². The maximum atomic E-state index is 2.36. The van der Waals surface area contributed by atoms with Gasteiger partial charge in [0.1, 0.15) is 0 Å². The quantitative estimate of drug-likeness (QED) is 0.0588. The monoisotopic (exact) mass is 541 g/mol. The van der Waals surface area contributed by atoms with Gasteiger partial charge in [-0.05, 0) is 0 Å². The second-order valence-electron chi connectivity index (χ2n) is 13.0. The van der Waals surface area contributed by atoms with E-state index >= 15 is 0 Å². The molecule has 0 N–H and O–H groups in total. The van der Waals surface area contributed by atoms with Gasteiger partial charge in [0.05, 0.1) is 0 Å². The SMILES string of the molecule is CCCCCCCCCCCCCCC[PH](CCCCCCC)(CCCCCCC)CCCCCCC. The Balaban J connectivity index is 4.45. The molecule has 37 heavy (non-hydrogen) atoms. The Morgan fingerprint density at radius 3 is 0.568 bits per heavy atom. The third kappa shape index (κ3) is 26.4. The number of hydrogen-bond acceptors (Lipinski definition) is 0. The van der Waals surface area contributed by atoms with E-state index in [1.54, 1.807) is 50.3 Å². The third-order valence-electron chi connectivity index (χ3n) is 9.24. The van der Waals surface area contributed by atoms with Gasteiger partial charge in [0.2, 0.25) is 0 Å². The minimum absolute atomic E-state index is 1.08. The summed E-state index contributed by atoms with van der Waals surface area (Å²) in [5.74, 6) is 0. The molecular weight excluding hydrogens is 463 g/mol. The van der Waals surface area contributed by atoms with Gasteiger partial charge in [-0.2, -0.15) is 0 Å². The van der Waals surface area contributed by atoms with Crippen LogP contribution < -0.4 is 0 Å². The Kier molecular flexibility index (Phi) is 31.3. The molecule has 0 heterocycles. The molecule has 0 aromatic rings. The summed E-state index contributed by atoms with van der Waals surface area (Å²) in [5.41, 5.74) is 0. The molecule has 0 radical (unpaired) electrons. The van der Waals surface area contributed by atoms with Crippen molar-refractivity contribution in [3.8, 4) is 0 Å². The van der Waals surface area contributed by atoms with E-state index in [2.05, 4.69) is 27.7 Å². The van der Waals surface area contributed by atoms with E-state index in [0.717, 1.165) is 0 Å². The molecule has 0 aliphatic carbocycles. The molecule has 0 nitrogen and oxygen atoms in total. The summed E-state index contributed by atoms with van der Waals surface area (Å²) in [7, 11) is -1.08. The van der Waals surface area contributed by atoms with Crippen LogP contribution in [0.1, 0.15) is 207 Å². The van der Waals surface area contributed by atoms with Gasteiger partial charge in [-0.25, -0.2) is 0 Å². The van der Waals surface area contributed by atoms with Crippen LogP contribution in [0.25, 0.3) is 0 Å². The van der Waals surface area contributed by atoms with Crippen LogP contribution in [0.3, 0.4) is 0 Å². The molecule has 0 saturated carbocycles. The van der Waals surface area contributed by atoms with Crippen LogP contribution in [0.2, 0.25) is 0 Å². The fourth-order valence-corrected chi connectivity index (χ4v) is 12.1. The van der Waals surface area contributed by atoms with Gasteiger partial charge >= 0.3 is 220 Å². The molecule has 0 bridgehead atoms. The van der Waals surface area contributed by atoms with Crippen molar-refractivity contribution in [1.82, 2.24) is 0 Å². The molecule has 0 rings (SSSR count). The van der Waals surface area contributed by atoms with Gasteiger partial charge in [0.15, 0.2) is 0 Å². The first-order valence-electron chi connectivity index (χ1n) is 18.2. The summed E-state index contributed by atoms with van der Waals surface area (Å²) in [6, 6.07) is 0. The van der Waals surface area contributed by atoms with E-state index < -0.39 is 7.26 Å². The summed E-state index contributed by atoms with van der Waals surface area (Å²) in [6.45, 7) is 9.40. The van der Waals surface area contributed by atoms with Gasteiger partial charge in [0, 0.05) is 0 Å². The first-order valence-corrected chi connectivity index (χ1v) is 21.1. The van der Waals surface area contributed by atoms with E-state index in [1.807, 2.05) is 0 Å². The summed E-state index contributed by atoms with van der Waals surface area (Å²) >= 11 is 0. The first kappa shape index (κ1) is 37.4. The maximum absolute atomic E-state index is 2.36. The van der Waals surface area contributed by atoms with Crippen molar-refractivity contribution in [1.29, 1.82) is 0 Å². The molecule has 0 saturated heterocycles. The minimum atomic E-state index is -1.08. The second-order valence-corrected chi connectivity index (χ2v) is 18.0. The number of rotatable bonds is 32. The molecule has 0 unspecified atom stereocenters. The van der Waals surface area contributed by atoms with E-state index in [1.165, 1.54) is 154 Å². The van der Waals surface area contributed by atoms with Crippen LogP contribution in [-0.2, 0) is 0 Å². The average molecular weight is 541 g/mol.